The van der Waals surface area contributed by atoms with E-state index in [1.807, 2.05) is 18.2 Å². The Morgan fingerprint density at radius 3 is 2.70 bits per heavy atom. The zero-order valence-corrected chi connectivity index (χ0v) is 16.5. The zero-order chi connectivity index (χ0) is 21.1. The summed E-state index contributed by atoms with van der Waals surface area (Å²) in [4.78, 5) is 22.9. The Kier molecular flexibility index (Phi) is 5.53. The lowest BCUT2D eigenvalue weighted by Gasteiger charge is -2.14. The van der Waals surface area contributed by atoms with E-state index in [0.29, 0.717) is 42.6 Å². The number of ether oxygens (including phenoxy) is 2. The molecule has 0 bridgehead atoms. The fraction of sp³-hybridized carbons (Fsp3) is 0.200. The number of nitro benzene ring substituents is 1. The van der Waals surface area contributed by atoms with Crippen molar-refractivity contribution in [1.29, 1.82) is 0 Å². The van der Waals surface area contributed by atoms with E-state index >= 15 is 0 Å². The van der Waals surface area contributed by atoms with Crippen LogP contribution in [0.15, 0.2) is 53.5 Å². The molecule has 0 spiro atoms. The predicted octanol–water partition coefficient (Wildman–Crippen LogP) is 3.57. The molecule has 10 heteroatoms. The van der Waals surface area contributed by atoms with Crippen LogP contribution in [0.2, 0.25) is 5.02 Å². The molecule has 1 N–H and O–H groups in total. The van der Waals surface area contributed by atoms with E-state index in [0.717, 1.165) is 16.7 Å². The number of benzene rings is 2. The Morgan fingerprint density at radius 2 is 1.93 bits per heavy atom. The van der Waals surface area contributed by atoms with Gasteiger partial charge in [0, 0.05) is 30.7 Å². The molecule has 0 unspecified atom stereocenters. The van der Waals surface area contributed by atoms with Crippen molar-refractivity contribution < 1.29 is 14.4 Å². The number of hydrogen-bond acceptors (Lipinski definition) is 7. The van der Waals surface area contributed by atoms with Crippen LogP contribution in [0.5, 0.6) is 11.5 Å². The van der Waals surface area contributed by atoms with E-state index in [1.54, 1.807) is 0 Å². The van der Waals surface area contributed by atoms with Crippen LogP contribution in [0.4, 0.5) is 11.4 Å². The fourth-order valence-corrected chi connectivity index (χ4v) is 3.23. The molecule has 0 radical (unpaired) electrons. The SMILES string of the molecule is O=c1c(Cl)c(NCc2cccc3c2OCCCO3)cnn1-c1ccc([N+](=O)[O-])cc1. The summed E-state index contributed by atoms with van der Waals surface area (Å²) in [5.41, 5.74) is 0.987. The Labute approximate surface area is 176 Å². The third kappa shape index (κ3) is 3.92. The minimum absolute atomic E-state index is 0.0393. The van der Waals surface area contributed by atoms with Crippen molar-refractivity contribution in [2.45, 2.75) is 13.0 Å². The van der Waals surface area contributed by atoms with Crippen LogP contribution in [0.25, 0.3) is 5.69 Å². The second-order valence-electron chi connectivity index (χ2n) is 6.51. The number of halogens is 1. The van der Waals surface area contributed by atoms with Crippen molar-refractivity contribution in [3.05, 3.63) is 79.7 Å². The third-order valence-corrected chi connectivity index (χ3v) is 4.91. The minimum Gasteiger partial charge on any atom is -0.490 e. The topological polar surface area (TPSA) is 109 Å². The molecule has 1 aliphatic heterocycles. The summed E-state index contributed by atoms with van der Waals surface area (Å²) < 4.78 is 12.6. The molecule has 2 heterocycles. The van der Waals surface area contributed by atoms with E-state index in [4.69, 9.17) is 21.1 Å². The summed E-state index contributed by atoms with van der Waals surface area (Å²) in [5, 5.41) is 18.0. The maximum atomic E-state index is 12.6. The first-order chi connectivity index (χ1) is 14.5. The van der Waals surface area contributed by atoms with Crippen molar-refractivity contribution in [2.24, 2.45) is 0 Å². The van der Waals surface area contributed by atoms with Gasteiger partial charge in [-0.05, 0) is 18.2 Å². The molecule has 0 atom stereocenters. The number of fused-ring (bicyclic) bond motifs is 1. The number of hydrogen-bond donors (Lipinski definition) is 1. The lowest BCUT2D eigenvalue weighted by Crippen LogP contribution is -2.22. The molecular formula is C20H17ClN4O5. The fourth-order valence-electron chi connectivity index (χ4n) is 3.04. The van der Waals surface area contributed by atoms with Crippen LogP contribution in [0.3, 0.4) is 0 Å². The summed E-state index contributed by atoms with van der Waals surface area (Å²) in [6, 6.07) is 11.1. The quantitative estimate of drug-likeness (QED) is 0.488. The van der Waals surface area contributed by atoms with Crippen LogP contribution in [-0.4, -0.2) is 27.9 Å². The van der Waals surface area contributed by atoms with E-state index < -0.39 is 10.5 Å². The number of nitrogens with one attached hydrogen (secondary N) is 1. The van der Waals surface area contributed by atoms with Crippen molar-refractivity contribution in [1.82, 2.24) is 9.78 Å². The van der Waals surface area contributed by atoms with Gasteiger partial charge in [-0.1, -0.05) is 23.7 Å². The number of anilines is 1. The van der Waals surface area contributed by atoms with Crippen molar-refractivity contribution in [3.63, 3.8) is 0 Å². The number of rotatable bonds is 5. The van der Waals surface area contributed by atoms with Gasteiger partial charge in [0.25, 0.3) is 11.2 Å². The first-order valence-electron chi connectivity index (χ1n) is 9.18. The highest BCUT2D eigenvalue weighted by molar-refractivity contribution is 6.32. The third-order valence-electron chi connectivity index (χ3n) is 4.55. The van der Waals surface area contributed by atoms with Gasteiger partial charge >= 0.3 is 0 Å². The first kappa shape index (κ1) is 19.7. The molecule has 0 aliphatic carbocycles. The lowest BCUT2D eigenvalue weighted by atomic mass is 10.2. The Morgan fingerprint density at radius 1 is 1.17 bits per heavy atom. The standard InChI is InChI=1S/C20H17ClN4O5/c21-18-16(22-11-13-3-1-4-17-19(13)30-10-2-9-29-17)12-23-24(20(18)26)14-5-7-15(8-6-14)25(27)28/h1,3-8,12,22H,2,9-11H2. The molecule has 1 aromatic heterocycles. The molecule has 2 aromatic carbocycles. The molecular weight excluding hydrogens is 412 g/mol. The smallest absolute Gasteiger partial charge is 0.292 e. The van der Waals surface area contributed by atoms with Crippen LogP contribution in [0.1, 0.15) is 12.0 Å². The largest absolute Gasteiger partial charge is 0.490 e. The molecule has 9 nitrogen and oxygen atoms in total. The highest BCUT2D eigenvalue weighted by Crippen LogP contribution is 2.33. The van der Waals surface area contributed by atoms with Gasteiger partial charge in [0.05, 0.1) is 35.7 Å². The van der Waals surface area contributed by atoms with Crippen molar-refractivity contribution in [2.75, 3.05) is 18.5 Å². The highest BCUT2D eigenvalue weighted by atomic mass is 35.5. The highest BCUT2D eigenvalue weighted by Gasteiger charge is 2.16. The number of nitro groups is 1. The van der Waals surface area contributed by atoms with Crippen LogP contribution in [-0.2, 0) is 6.54 Å². The molecule has 154 valence electrons. The van der Waals surface area contributed by atoms with E-state index in [2.05, 4.69) is 10.4 Å². The number of non-ortho nitro benzene ring substituents is 1. The monoisotopic (exact) mass is 428 g/mol. The van der Waals surface area contributed by atoms with Gasteiger partial charge in [0.1, 0.15) is 5.02 Å². The van der Waals surface area contributed by atoms with Crippen molar-refractivity contribution >= 4 is 23.0 Å². The van der Waals surface area contributed by atoms with Crippen molar-refractivity contribution in [3.8, 4) is 17.2 Å². The van der Waals surface area contributed by atoms with Crippen LogP contribution >= 0.6 is 11.6 Å². The first-order valence-corrected chi connectivity index (χ1v) is 9.56. The molecule has 30 heavy (non-hydrogen) atoms. The van der Waals surface area contributed by atoms with Gasteiger partial charge in [-0.15, -0.1) is 0 Å². The summed E-state index contributed by atoms with van der Waals surface area (Å²) >= 11 is 6.27. The lowest BCUT2D eigenvalue weighted by molar-refractivity contribution is -0.384. The molecule has 3 aromatic rings. The summed E-state index contributed by atoms with van der Waals surface area (Å²) in [7, 11) is 0. The second-order valence-corrected chi connectivity index (χ2v) is 6.89. The summed E-state index contributed by atoms with van der Waals surface area (Å²) in [6.45, 7) is 1.52. The Bertz CT molecular complexity index is 1150. The number of nitrogens with zero attached hydrogens (tertiary/aromatic N) is 3. The Hall–Kier alpha value is -3.59. The molecule has 0 saturated heterocycles. The maximum absolute atomic E-state index is 12.6. The van der Waals surface area contributed by atoms with E-state index in [9.17, 15) is 14.9 Å². The van der Waals surface area contributed by atoms with Crippen LogP contribution in [0, 0.1) is 10.1 Å². The average molecular weight is 429 g/mol. The normalized spacial score (nSPS) is 12.8. The van der Waals surface area contributed by atoms with E-state index in [1.165, 1.54) is 30.5 Å². The van der Waals surface area contributed by atoms with Gasteiger partial charge in [-0.2, -0.15) is 9.78 Å². The number of aromatic nitrogens is 2. The van der Waals surface area contributed by atoms with Gasteiger partial charge < -0.3 is 14.8 Å². The van der Waals surface area contributed by atoms with Gasteiger partial charge in [0.15, 0.2) is 11.5 Å². The average Bonchev–Trinajstić information content (AvgIpc) is 3.01. The van der Waals surface area contributed by atoms with Gasteiger partial charge in [0.2, 0.25) is 0 Å². The molecule has 4 rings (SSSR count). The zero-order valence-electron chi connectivity index (χ0n) is 15.7. The summed E-state index contributed by atoms with van der Waals surface area (Å²) in [5.74, 6) is 1.36. The maximum Gasteiger partial charge on any atom is 0.292 e. The molecule has 1 aliphatic rings. The number of para-hydroxylation sites is 1. The molecule has 0 fully saturated rings. The second kappa shape index (κ2) is 8.42. The van der Waals surface area contributed by atoms with Gasteiger partial charge in [-0.25, -0.2) is 0 Å². The van der Waals surface area contributed by atoms with E-state index in [-0.39, 0.29) is 10.7 Å². The van der Waals surface area contributed by atoms with Crippen LogP contribution < -0.4 is 20.3 Å². The molecule has 0 amide bonds. The minimum atomic E-state index is -0.540. The Balaban J connectivity index is 1.56. The summed E-state index contributed by atoms with van der Waals surface area (Å²) in [6.07, 6.45) is 2.24. The van der Waals surface area contributed by atoms with Gasteiger partial charge in [-0.3, -0.25) is 14.9 Å². The molecule has 0 saturated carbocycles. The predicted molar refractivity (Wildman–Crippen MR) is 111 cm³/mol.